The zero-order valence-electron chi connectivity index (χ0n) is 11.6. The third-order valence-electron chi connectivity index (χ3n) is 4.16. The molecule has 2 nitrogen and oxygen atoms in total. The molecule has 0 spiro atoms. The van der Waals surface area contributed by atoms with Gasteiger partial charge in [-0.15, -0.1) is 4.40 Å². The number of oxazole rings is 1. The molecule has 0 N–H and O–H groups in total. The Morgan fingerprint density at radius 2 is 1.55 bits per heavy atom. The summed E-state index contributed by atoms with van der Waals surface area (Å²) < 4.78 is 21.4. The lowest BCUT2D eigenvalue weighted by molar-refractivity contribution is -0.485. The van der Waals surface area contributed by atoms with Crippen molar-refractivity contribution < 1.29 is 13.2 Å². The third-order valence-corrected chi connectivity index (χ3v) is 4.16. The molecule has 0 saturated carbocycles. The van der Waals surface area contributed by atoms with Gasteiger partial charge >= 0.3 is 5.71 Å². The van der Waals surface area contributed by atoms with Crippen LogP contribution in [0.15, 0.2) is 71.1 Å². The molecule has 0 atom stereocenters. The van der Waals surface area contributed by atoms with Gasteiger partial charge in [-0.2, -0.15) is 0 Å². The van der Waals surface area contributed by atoms with E-state index in [2.05, 4.69) is 22.6 Å². The Labute approximate surface area is 126 Å². The summed E-state index contributed by atoms with van der Waals surface area (Å²) in [5.74, 6) is 0.530. The average molecular weight is 288 g/mol. The first-order chi connectivity index (χ1) is 10.8. The van der Waals surface area contributed by atoms with E-state index in [1.165, 1.54) is 17.7 Å². The predicted octanol–water partition coefficient (Wildman–Crippen LogP) is 4.47. The van der Waals surface area contributed by atoms with Crippen LogP contribution in [0.5, 0.6) is 0 Å². The molecule has 0 saturated heterocycles. The van der Waals surface area contributed by atoms with Crippen LogP contribution in [0.1, 0.15) is 0 Å². The van der Waals surface area contributed by atoms with Crippen molar-refractivity contribution in [1.29, 1.82) is 0 Å². The van der Waals surface area contributed by atoms with Crippen LogP contribution < -0.4 is 4.40 Å². The van der Waals surface area contributed by atoms with E-state index in [0.29, 0.717) is 0 Å². The molecule has 3 heteroatoms. The average Bonchev–Trinajstić information content (AvgIpc) is 3.10. The van der Waals surface area contributed by atoms with Gasteiger partial charge in [0.05, 0.1) is 17.2 Å². The Balaban J connectivity index is 1.91. The number of benzene rings is 2. The van der Waals surface area contributed by atoms with Crippen molar-refractivity contribution in [2.45, 2.75) is 0 Å². The van der Waals surface area contributed by atoms with Gasteiger partial charge in [-0.1, -0.05) is 12.1 Å². The monoisotopic (exact) mass is 288 g/mol. The maximum absolute atomic E-state index is 13.2. The van der Waals surface area contributed by atoms with E-state index >= 15 is 0 Å². The smallest absolute Gasteiger partial charge is 0.380 e. The number of hydrogen-bond acceptors (Lipinski definition) is 1. The molecular weight excluding hydrogens is 277 g/mol. The van der Waals surface area contributed by atoms with E-state index in [1.54, 1.807) is 12.1 Å². The molecular formula is C19H11FNO+. The molecule has 1 aliphatic heterocycles. The van der Waals surface area contributed by atoms with Crippen LogP contribution in [-0.2, 0) is 0 Å². The number of rotatable bonds is 1. The minimum absolute atomic E-state index is 0.245. The predicted molar refractivity (Wildman–Crippen MR) is 81.7 cm³/mol. The molecule has 0 bridgehead atoms. The summed E-state index contributed by atoms with van der Waals surface area (Å²) in [6.07, 6.45) is 0. The number of nitrogens with zero attached hydrogens (tertiary/aromatic N) is 1. The van der Waals surface area contributed by atoms with E-state index in [9.17, 15) is 4.39 Å². The van der Waals surface area contributed by atoms with Crippen LogP contribution >= 0.6 is 0 Å². The summed E-state index contributed by atoms with van der Waals surface area (Å²) in [5.41, 5.74) is 6.17. The van der Waals surface area contributed by atoms with Crippen LogP contribution in [0.3, 0.4) is 0 Å². The van der Waals surface area contributed by atoms with Crippen LogP contribution in [-0.4, -0.2) is 0 Å². The van der Waals surface area contributed by atoms with Gasteiger partial charge in [-0.3, -0.25) is 0 Å². The van der Waals surface area contributed by atoms with Crippen LogP contribution in [0.2, 0.25) is 0 Å². The highest BCUT2D eigenvalue weighted by Gasteiger charge is 2.36. The van der Waals surface area contributed by atoms with Gasteiger partial charge in [0.15, 0.2) is 0 Å². The Morgan fingerprint density at radius 1 is 0.773 bits per heavy atom. The van der Waals surface area contributed by atoms with Gasteiger partial charge in [-0.05, 0) is 42.5 Å². The summed E-state index contributed by atoms with van der Waals surface area (Å²) in [7, 11) is 0. The third kappa shape index (κ3) is 1.40. The van der Waals surface area contributed by atoms with Crippen LogP contribution in [0, 0.1) is 5.82 Å². The summed E-state index contributed by atoms with van der Waals surface area (Å²) in [5, 5.41) is 0. The van der Waals surface area contributed by atoms with Crippen LogP contribution in [0.25, 0.3) is 39.6 Å². The van der Waals surface area contributed by atoms with Crippen LogP contribution in [0.4, 0.5) is 4.39 Å². The Morgan fingerprint density at radius 3 is 2.36 bits per heavy atom. The number of pyridine rings is 1. The molecule has 4 aromatic rings. The van der Waals surface area contributed by atoms with Crippen molar-refractivity contribution in [3.8, 4) is 33.8 Å². The summed E-state index contributed by atoms with van der Waals surface area (Å²) >= 11 is 0. The summed E-state index contributed by atoms with van der Waals surface area (Å²) in [4.78, 5) is 0. The van der Waals surface area contributed by atoms with E-state index in [-0.39, 0.29) is 5.82 Å². The molecule has 2 aromatic heterocycles. The van der Waals surface area contributed by atoms with E-state index in [1.807, 2.05) is 24.3 Å². The van der Waals surface area contributed by atoms with Crippen molar-refractivity contribution in [3.05, 3.63) is 72.5 Å². The van der Waals surface area contributed by atoms with Crippen molar-refractivity contribution in [1.82, 2.24) is 0 Å². The van der Waals surface area contributed by atoms with Gasteiger partial charge in [0, 0.05) is 11.6 Å². The molecule has 0 aliphatic carbocycles. The standard InChI is InChI=1S/C19H11FNO/c20-13-10-8-12(9-11-13)19-18-15-5-2-1-4-14(15)16-6-3-7-17(22-19)21(16)18/h1-11H/q+1. The molecule has 3 heterocycles. The first-order valence-corrected chi connectivity index (χ1v) is 7.16. The van der Waals surface area contributed by atoms with Gasteiger partial charge in [0.2, 0.25) is 11.5 Å². The maximum atomic E-state index is 13.2. The largest absolute Gasteiger partial charge is 0.397 e. The zero-order chi connectivity index (χ0) is 14.7. The molecule has 5 rings (SSSR count). The second-order valence-corrected chi connectivity index (χ2v) is 5.42. The Hall–Kier alpha value is -2.94. The lowest BCUT2D eigenvalue weighted by atomic mass is 10.0. The van der Waals surface area contributed by atoms with E-state index in [4.69, 9.17) is 4.42 Å². The van der Waals surface area contributed by atoms with Gasteiger partial charge < -0.3 is 4.42 Å². The highest BCUT2D eigenvalue weighted by molar-refractivity contribution is 5.88. The number of hydrogen-bond donors (Lipinski definition) is 0. The highest BCUT2D eigenvalue weighted by atomic mass is 19.1. The normalized spacial score (nSPS) is 11.9. The quantitative estimate of drug-likeness (QED) is 0.416. The SMILES string of the molecule is Fc1ccc(-c2oc3cccc4[n+]3c2-c2ccccc2-4)cc1. The fourth-order valence-corrected chi connectivity index (χ4v) is 3.22. The summed E-state index contributed by atoms with van der Waals surface area (Å²) in [6.45, 7) is 0. The molecule has 22 heavy (non-hydrogen) atoms. The minimum Gasteiger partial charge on any atom is -0.397 e. The molecule has 0 fully saturated rings. The fourth-order valence-electron chi connectivity index (χ4n) is 3.22. The first-order valence-electron chi connectivity index (χ1n) is 7.16. The van der Waals surface area contributed by atoms with Crippen molar-refractivity contribution >= 4 is 5.71 Å². The van der Waals surface area contributed by atoms with Crippen molar-refractivity contribution in [2.75, 3.05) is 0 Å². The molecule has 0 radical (unpaired) electrons. The minimum atomic E-state index is -0.245. The lowest BCUT2D eigenvalue weighted by Crippen LogP contribution is -2.20. The second kappa shape index (κ2) is 4.04. The molecule has 0 amide bonds. The van der Waals surface area contributed by atoms with E-state index < -0.39 is 0 Å². The maximum Gasteiger partial charge on any atom is 0.380 e. The Kier molecular flexibility index (Phi) is 2.15. The molecule has 0 unspecified atom stereocenters. The Bertz CT molecular complexity index is 1030. The molecule has 104 valence electrons. The van der Waals surface area contributed by atoms with Gasteiger partial charge in [-0.25, -0.2) is 4.39 Å². The second-order valence-electron chi connectivity index (χ2n) is 5.42. The molecule has 2 aromatic carbocycles. The lowest BCUT2D eigenvalue weighted by Gasteiger charge is -1.98. The topological polar surface area (TPSA) is 17.2 Å². The number of aromatic nitrogens is 1. The van der Waals surface area contributed by atoms with Crippen molar-refractivity contribution in [2.24, 2.45) is 0 Å². The molecule has 1 aliphatic rings. The van der Waals surface area contributed by atoms with Crippen molar-refractivity contribution in [3.63, 3.8) is 0 Å². The first kappa shape index (κ1) is 11.7. The van der Waals surface area contributed by atoms with Gasteiger partial charge in [0.25, 0.3) is 5.69 Å². The van der Waals surface area contributed by atoms with Gasteiger partial charge in [0.1, 0.15) is 5.82 Å². The number of fused-ring (bicyclic) bond motifs is 3. The fraction of sp³-hybridized carbons (Fsp3) is 0. The zero-order valence-corrected chi connectivity index (χ0v) is 11.6. The van der Waals surface area contributed by atoms with E-state index in [0.717, 1.165) is 34.0 Å². The number of halogens is 1. The summed E-state index contributed by atoms with van der Waals surface area (Å²) in [6, 6.07) is 20.7. The highest BCUT2D eigenvalue weighted by Crippen LogP contribution is 2.41.